The molecule has 94 valence electrons. The first-order valence-electron chi connectivity index (χ1n) is 5.54. The summed E-state index contributed by atoms with van der Waals surface area (Å²) in [5.74, 6) is 0.00839. The second-order valence-electron chi connectivity index (χ2n) is 4.06. The number of halogens is 2. The molecule has 0 saturated heterocycles. The van der Waals surface area contributed by atoms with Crippen LogP contribution in [0.1, 0.15) is 11.1 Å². The fourth-order valence-electron chi connectivity index (χ4n) is 1.69. The van der Waals surface area contributed by atoms with Gasteiger partial charge < -0.3 is 10.4 Å². The van der Waals surface area contributed by atoms with E-state index in [1.165, 1.54) is 12.1 Å². The van der Waals surface area contributed by atoms with Crippen LogP contribution in [-0.4, -0.2) is 5.11 Å². The van der Waals surface area contributed by atoms with Crippen LogP contribution in [0.4, 0.5) is 10.1 Å². The second-order valence-corrected chi connectivity index (χ2v) is 4.91. The molecule has 2 N–H and O–H groups in total. The summed E-state index contributed by atoms with van der Waals surface area (Å²) in [6.45, 7) is 2.34. The normalized spacial score (nSPS) is 10.4. The highest BCUT2D eigenvalue weighted by Gasteiger charge is 2.05. The van der Waals surface area contributed by atoms with E-state index in [2.05, 4.69) is 21.2 Å². The predicted octanol–water partition coefficient (Wildman–Crippen LogP) is 4.21. The van der Waals surface area contributed by atoms with Gasteiger partial charge in [-0.25, -0.2) is 4.39 Å². The lowest BCUT2D eigenvalue weighted by Crippen LogP contribution is -2.01. The summed E-state index contributed by atoms with van der Waals surface area (Å²) >= 11 is 3.29. The van der Waals surface area contributed by atoms with E-state index < -0.39 is 0 Å². The molecule has 2 aromatic carbocycles. The van der Waals surface area contributed by atoms with Crippen molar-refractivity contribution in [1.29, 1.82) is 0 Å². The molecule has 0 saturated carbocycles. The zero-order valence-electron chi connectivity index (χ0n) is 9.87. The Kier molecular flexibility index (Phi) is 3.87. The van der Waals surface area contributed by atoms with Crippen molar-refractivity contribution < 1.29 is 9.50 Å². The molecule has 0 spiro atoms. The van der Waals surface area contributed by atoms with Gasteiger partial charge in [-0.15, -0.1) is 0 Å². The standard InChI is InChI=1S/C14H13BrFNO/c1-9-3-2-4-10(14(9)18)8-17-13-6-5-11(16)7-12(13)15/h2-7,17-18H,8H2,1H3. The molecule has 2 nitrogen and oxygen atoms in total. The molecule has 0 aliphatic rings. The van der Waals surface area contributed by atoms with Crippen molar-refractivity contribution in [3.05, 3.63) is 57.8 Å². The molecule has 4 heteroatoms. The van der Waals surface area contributed by atoms with Gasteiger partial charge in [0.1, 0.15) is 11.6 Å². The number of aryl methyl sites for hydroxylation is 1. The molecule has 0 heterocycles. The maximum atomic E-state index is 12.9. The minimum Gasteiger partial charge on any atom is -0.507 e. The molecular weight excluding hydrogens is 297 g/mol. The van der Waals surface area contributed by atoms with E-state index >= 15 is 0 Å². The molecule has 0 amide bonds. The highest BCUT2D eigenvalue weighted by atomic mass is 79.9. The molecule has 0 aliphatic heterocycles. The Morgan fingerprint density at radius 3 is 2.78 bits per heavy atom. The molecule has 2 rings (SSSR count). The first-order valence-corrected chi connectivity index (χ1v) is 6.33. The molecule has 0 aromatic heterocycles. The highest BCUT2D eigenvalue weighted by molar-refractivity contribution is 9.10. The van der Waals surface area contributed by atoms with Gasteiger partial charge in [0.25, 0.3) is 0 Å². The topological polar surface area (TPSA) is 32.3 Å². The molecule has 0 unspecified atom stereocenters. The average molecular weight is 310 g/mol. The van der Waals surface area contributed by atoms with Gasteiger partial charge in [-0.05, 0) is 46.6 Å². The summed E-state index contributed by atoms with van der Waals surface area (Å²) in [6.07, 6.45) is 0. The number of phenols is 1. The van der Waals surface area contributed by atoms with Crippen LogP contribution in [0, 0.1) is 12.7 Å². The zero-order chi connectivity index (χ0) is 13.1. The van der Waals surface area contributed by atoms with Gasteiger partial charge in [0.05, 0.1) is 0 Å². The van der Waals surface area contributed by atoms with Crippen LogP contribution in [0.15, 0.2) is 40.9 Å². The quantitative estimate of drug-likeness (QED) is 0.890. The lowest BCUT2D eigenvalue weighted by molar-refractivity contribution is 0.465. The summed E-state index contributed by atoms with van der Waals surface area (Å²) in [7, 11) is 0. The predicted molar refractivity (Wildman–Crippen MR) is 74.3 cm³/mol. The summed E-state index contributed by atoms with van der Waals surface area (Å²) in [5.41, 5.74) is 2.44. The lowest BCUT2D eigenvalue weighted by atomic mass is 10.1. The molecule has 18 heavy (non-hydrogen) atoms. The van der Waals surface area contributed by atoms with Gasteiger partial charge >= 0.3 is 0 Å². The zero-order valence-corrected chi connectivity index (χ0v) is 11.5. The van der Waals surface area contributed by atoms with E-state index in [1.807, 2.05) is 25.1 Å². The number of hydrogen-bond acceptors (Lipinski definition) is 2. The largest absolute Gasteiger partial charge is 0.507 e. The number of para-hydroxylation sites is 1. The van der Waals surface area contributed by atoms with Crippen LogP contribution in [-0.2, 0) is 6.54 Å². The van der Waals surface area contributed by atoms with Gasteiger partial charge in [0.15, 0.2) is 0 Å². The number of nitrogens with one attached hydrogen (secondary N) is 1. The summed E-state index contributed by atoms with van der Waals surface area (Å²) < 4.78 is 13.6. The minimum atomic E-state index is -0.286. The third kappa shape index (κ3) is 2.82. The SMILES string of the molecule is Cc1cccc(CNc2ccc(F)cc2Br)c1O. The van der Waals surface area contributed by atoms with E-state index in [-0.39, 0.29) is 5.82 Å². The molecule has 2 aromatic rings. The van der Waals surface area contributed by atoms with Crippen LogP contribution in [0.25, 0.3) is 0 Å². The Morgan fingerprint density at radius 2 is 2.06 bits per heavy atom. The van der Waals surface area contributed by atoms with Gasteiger partial charge in [-0.2, -0.15) is 0 Å². The van der Waals surface area contributed by atoms with Crippen molar-refractivity contribution in [3.8, 4) is 5.75 Å². The Hall–Kier alpha value is -1.55. The monoisotopic (exact) mass is 309 g/mol. The number of anilines is 1. The number of rotatable bonds is 3. The Balaban J connectivity index is 2.14. The van der Waals surface area contributed by atoms with Gasteiger partial charge in [0.2, 0.25) is 0 Å². The Bertz CT molecular complexity index is 572. The third-order valence-electron chi connectivity index (χ3n) is 2.72. The average Bonchev–Trinajstić information content (AvgIpc) is 2.33. The smallest absolute Gasteiger partial charge is 0.124 e. The fourth-order valence-corrected chi connectivity index (χ4v) is 2.18. The van der Waals surface area contributed by atoms with E-state index in [0.717, 1.165) is 16.8 Å². The Morgan fingerprint density at radius 1 is 1.28 bits per heavy atom. The summed E-state index contributed by atoms with van der Waals surface area (Å²) in [5, 5.41) is 13.0. The number of hydrogen-bond donors (Lipinski definition) is 2. The van der Waals surface area contributed by atoms with Gasteiger partial charge in [0, 0.05) is 22.3 Å². The van der Waals surface area contributed by atoms with Crippen LogP contribution in [0.5, 0.6) is 5.75 Å². The number of phenolic OH excluding ortho intramolecular Hbond substituents is 1. The first-order chi connectivity index (χ1) is 8.58. The van der Waals surface area contributed by atoms with E-state index in [4.69, 9.17) is 0 Å². The van der Waals surface area contributed by atoms with Crippen LogP contribution in [0.3, 0.4) is 0 Å². The fraction of sp³-hybridized carbons (Fsp3) is 0.143. The number of aromatic hydroxyl groups is 1. The maximum absolute atomic E-state index is 12.9. The summed E-state index contributed by atoms with van der Waals surface area (Å²) in [4.78, 5) is 0. The van der Waals surface area contributed by atoms with Crippen molar-refractivity contribution in [2.24, 2.45) is 0 Å². The highest BCUT2D eigenvalue weighted by Crippen LogP contribution is 2.26. The van der Waals surface area contributed by atoms with Crippen molar-refractivity contribution in [2.45, 2.75) is 13.5 Å². The van der Waals surface area contributed by atoms with Crippen LogP contribution < -0.4 is 5.32 Å². The van der Waals surface area contributed by atoms with Crippen molar-refractivity contribution in [2.75, 3.05) is 5.32 Å². The van der Waals surface area contributed by atoms with Crippen molar-refractivity contribution >= 4 is 21.6 Å². The molecule has 0 radical (unpaired) electrons. The number of benzene rings is 2. The van der Waals surface area contributed by atoms with Crippen LogP contribution >= 0.6 is 15.9 Å². The first kappa shape index (κ1) is 12.9. The van der Waals surface area contributed by atoms with Gasteiger partial charge in [-0.1, -0.05) is 18.2 Å². The molecule has 0 atom stereocenters. The van der Waals surface area contributed by atoms with E-state index in [1.54, 1.807) is 6.07 Å². The molecule has 0 bridgehead atoms. The Labute approximate surface area is 114 Å². The third-order valence-corrected chi connectivity index (χ3v) is 3.38. The van der Waals surface area contributed by atoms with Crippen molar-refractivity contribution in [1.82, 2.24) is 0 Å². The maximum Gasteiger partial charge on any atom is 0.124 e. The molecule has 0 fully saturated rings. The minimum absolute atomic E-state index is 0.286. The van der Waals surface area contributed by atoms with Crippen LogP contribution in [0.2, 0.25) is 0 Å². The van der Waals surface area contributed by atoms with E-state index in [0.29, 0.717) is 16.8 Å². The van der Waals surface area contributed by atoms with E-state index in [9.17, 15) is 9.50 Å². The van der Waals surface area contributed by atoms with Gasteiger partial charge in [-0.3, -0.25) is 0 Å². The molecular formula is C14H13BrFNO. The second kappa shape index (κ2) is 5.40. The molecule has 0 aliphatic carbocycles. The lowest BCUT2D eigenvalue weighted by Gasteiger charge is -2.11. The summed E-state index contributed by atoms with van der Waals surface area (Å²) in [6, 6.07) is 10.1. The van der Waals surface area contributed by atoms with Crippen molar-refractivity contribution in [3.63, 3.8) is 0 Å².